The number of carbonyl (C=O) groups is 2. The lowest BCUT2D eigenvalue weighted by Crippen LogP contribution is -2.76. The topological polar surface area (TPSA) is 236 Å². The molecule has 2 amide bonds. The fourth-order valence-electron chi connectivity index (χ4n) is 3.09. The molecule has 0 bridgehead atoms. The third-order valence-corrected chi connectivity index (χ3v) is 5.92. The summed E-state index contributed by atoms with van der Waals surface area (Å²) >= 11 is 0.966. The molecule has 2 aromatic rings. The van der Waals surface area contributed by atoms with Crippen molar-refractivity contribution >= 4 is 44.4 Å². The van der Waals surface area contributed by atoms with Crippen LogP contribution in [0.5, 0.6) is 5.75 Å². The summed E-state index contributed by atoms with van der Waals surface area (Å²) in [6.07, 6.45) is 0.569. The Morgan fingerprint density at radius 3 is 2.64 bits per heavy atom. The van der Waals surface area contributed by atoms with Crippen LogP contribution in [0.4, 0.5) is 5.13 Å². The van der Waals surface area contributed by atoms with E-state index in [1.807, 2.05) is 0 Å². The predicted molar refractivity (Wildman–Crippen MR) is 122 cm³/mol. The van der Waals surface area contributed by atoms with Crippen LogP contribution >= 0.6 is 11.3 Å². The SMILES string of the molecule is C=CC(O/N=C(\C(=O)N[C@@H]1C(=O)N(OS(=O)(=O)O)C1(C)C)c1csc(N)n1)c1cc(=O)c(O)cn1O. The van der Waals surface area contributed by atoms with Gasteiger partial charge in [-0.3, -0.25) is 18.9 Å². The summed E-state index contributed by atoms with van der Waals surface area (Å²) in [4.78, 5) is 46.4. The smallest absolute Gasteiger partial charge is 0.418 e. The first-order valence-electron chi connectivity index (χ1n) is 9.70. The van der Waals surface area contributed by atoms with Crippen molar-refractivity contribution < 1.29 is 42.0 Å². The van der Waals surface area contributed by atoms with Gasteiger partial charge in [0.25, 0.3) is 11.8 Å². The number of hydrogen-bond acceptors (Lipinski definition) is 13. The zero-order valence-electron chi connectivity index (χ0n) is 18.6. The first-order chi connectivity index (χ1) is 16.7. The number of nitrogens with two attached hydrogens (primary N) is 1. The van der Waals surface area contributed by atoms with Crippen molar-refractivity contribution in [2.75, 3.05) is 5.73 Å². The average molecular weight is 545 g/mol. The van der Waals surface area contributed by atoms with Gasteiger partial charge in [0.2, 0.25) is 5.43 Å². The quantitative estimate of drug-likeness (QED) is 0.0659. The van der Waals surface area contributed by atoms with Gasteiger partial charge < -0.3 is 26.2 Å². The molecule has 0 saturated carbocycles. The third kappa shape index (κ3) is 5.30. The van der Waals surface area contributed by atoms with Crippen LogP contribution in [0.3, 0.4) is 0 Å². The minimum absolute atomic E-state index is 0.0551. The van der Waals surface area contributed by atoms with Crippen LogP contribution in [-0.2, 0) is 29.1 Å². The highest BCUT2D eigenvalue weighted by Gasteiger charge is 2.58. The molecule has 0 aromatic carbocycles. The fraction of sp³-hybridized carbons (Fsp3) is 0.278. The summed E-state index contributed by atoms with van der Waals surface area (Å²) in [7, 11) is -5.00. The molecule has 2 aromatic heterocycles. The Balaban J connectivity index is 1.89. The molecule has 0 aliphatic carbocycles. The van der Waals surface area contributed by atoms with E-state index in [0.717, 1.165) is 29.7 Å². The zero-order chi connectivity index (χ0) is 27.0. The van der Waals surface area contributed by atoms with Crippen LogP contribution in [0, 0.1) is 0 Å². The van der Waals surface area contributed by atoms with Crippen LogP contribution in [0.2, 0.25) is 0 Å². The largest absolute Gasteiger partial charge is 0.503 e. The van der Waals surface area contributed by atoms with Crippen LogP contribution in [0.1, 0.15) is 31.3 Å². The Morgan fingerprint density at radius 1 is 1.44 bits per heavy atom. The maximum Gasteiger partial charge on any atom is 0.418 e. The van der Waals surface area contributed by atoms with Gasteiger partial charge in [-0.05, 0) is 19.9 Å². The van der Waals surface area contributed by atoms with Gasteiger partial charge in [-0.15, -0.1) is 15.6 Å². The molecule has 1 unspecified atom stereocenters. The predicted octanol–water partition coefficient (Wildman–Crippen LogP) is -0.682. The van der Waals surface area contributed by atoms with E-state index >= 15 is 0 Å². The van der Waals surface area contributed by atoms with E-state index in [1.54, 1.807) is 0 Å². The molecule has 36 heavy (non-hydrogen) atoms. The van der Waals surface area contributed by atoms with Crippen molar-refractivity contribution in [3.8, 4) is 5.75 Å². The van der Waals surface area contributed by atoms with E-state index in [2.05, 4.69) is 26.3 Å². The van der Waals surface area contributed by atoms with Crippen molar-refractivity contribution in [3.63, 3.8) is 0 Å². The second-order valence-corrected chi connectivity index (χ2v) is 9.65. The monoisotopic (exact) mass is 544 g/mol. The van der Waals surface area contributed by atoms with E-state index in [-0.39, 0.29) is 16.5 Å². The van der Waals surface area contributed by atoms with Crippen LogP contribution in [0.15, 0.2) is 40.2 Å². The van der Waals surface area contributed by atoms with Gasteiger partial charge in [0.05, 0.1) is 11.7 Å². The van der Waals surface area contributed by atoms with Gasteiger partial charge in [-0.2, -0.15) is 18.2 Å². The summed E-state index contributed by atoms with van der Waals surface area (Å²) < 4.78 is 35.5. The molecule has 1 aliphatic heterocycles. The van der Waals surface area contributed by atoms with Crippen molar-refractivity contribution in [1.82, 2.24) is 20.1 Å². The number of thiazole rings is 1. The van der Waals surface area contributed by atoms with Gasteiger partial charge in [0.15, 0.2) is 22.7 Å². The molecule has 0 radical (unpaired) electrons. The molecule has 3 heterocycles. The summed E-state index contributed by atoms with van der Waals surface area (Å²) in [5.74, 6) is -2.71. The Morgan fingerprint density at radius 2 is 2.11 bits per heavy atom. The van der Waals surface area contributed by atoms with Gasteiger partial charge in [-0.25, -0.2) is 4.98 Å². The van der Waals surface area contributed by atoms with Gasteiger partial charge in [0, 0.05) is 11.4 Å². The number of pyridine rings is 1. The number of anilines is 1. The molecule has 2 atom stereocenters. The average Bonchev–Trinajstić information content (AvgIpc) is 3.21. The molecule has 6 N–H and O–H groups in total. The maximum absolute atomic E-state index is 13.0. The number of amides is 2. The minimum atomic E-state index is -5.00. The number of carbonyl (C=O) groups excluding carboxylic acids is 2. The van der Waals surface area contributed by atoms with Crippen LogP contribution in [-0.4, -0.2) is 67.2 Å². The first-order valence-corrected chi connectivity index (χ1v) is 11.9. The summed E-state index contributed by atoms with van der Waals surface area (Å²) in [5, 5.41) is 27.3. The van der Waals surface area contributed by atoms with E-state index in [1.165, 1.54) is 19.2 Å². The van der Waals surface area contributed by atoms with Crippen LogP contribution in [0.25, 0.3) is 0 Å². The molecule has 1 fully saturated rings. The summed E-state index contributed by atoms with van der Waals surface area (Å²) in [6.45, 7) is 6.23. The lowest BCUT2D eigenvalue weighted by Gasteiger charge is -2.50. The second-order valence-electron chi connectivity index (χ2n) is 7.76. The van der Waals surface area contributed by atoms with Crippen LogP contribution < -0.4 is 16.5 Å². The normalized spacial score (nSPS) is 18.3. The van der Waals surface area contributed by atoms with Crippen molar-refractivity contribution in [3.05, 3.63) is 51.9 Å². The highest BCUT2D eigenvalue weighted by atomic mass is 32.3. The Labute approximate surface area is 206 Å². The number of nitrogens with one attached hydrogen (secondary N) is 1. The molecule has 1 saturated heterocycles. The fourth-order valence-corrected chi connectivity index (χ4v) is 4.09. The van der Waals surface area contributed by atoms with E-state index in [0.29, 0.717) is 9.79 Å². The summed E-state index contributed by atoms with van der Waals surface area (Å²) in [6, 6.07) is -0.445. The molecule has 3 rings (SSSR count). The molecule has 18 heteroatoms. The minimum Gasteiger partial charge on any atom is -0.503 e. The standard InChI is InChI=1S/C18H20N6O10S2/c1-4-12(9-5-10(25)11(26)6-23(9)29)33-22-13(8-7-35-17(19)20-8)15(27)21-14-16(28)24(18(14,2)3)34-36(30,31)32/h4-7,12,14,26,29H,1H2,2-3H3,(H2,19,20)(H,21,27)(H,30,31,32)/b22-13-/t12?,14-/m1/s1. The van der Waals surface area contributed by atoms with E-state index in [4.69, 9.17) is 15.1 Å². The van der Waals surface area contributed by atoms with Crippen molar-refractivity contribution in [2.45, 2.75) is 31.5 Å². The number of hydroxylamine groups is 2. The molecule has 1 aliphatic rings. The number of β-lactam (4-membered cyclic amide) rings is 1. The molecular formula is C18H20N6O10S2. The number of oxime groups is 1. The van der Waals surface area contributed by atoms with E-state index < -0.39 is 56.8 Å². The number of aromatic hydroxyl groups is 1. The second kappa shape index (κ2) is 9.57. The third-order valence-electron chi connectivity index (χ3n) is 4.90. The summed E-state index contributed by atoms with van der Waals surface area (Å²) in [5.41, 5.74) is 2.68. The first kappa shape index (κ1) is 26.6. The molecule has 0 spiro atoms. The molecular weight excluding hydrogens is 524 g/mol. The Bertz CT molecular complexity index is 1410. The van der Waals surface area contributed by atoms with Crippen molar-refractivity contribution in [2.24, 2.45) is 5.16 Å². The Hall–Kier alpha value is -4.00. The highest BCUT2D eigenvalue weighted by Crippen LogP contribution is 2.33. The zero-order valence-corrected chi connectivity index (χ0v) is 20.2. The number of aromatic nitrogens is 2. The lowest BCUT2D eigenvalue weighted by molar-refractivity contribution is -0.218. The maximum atomic E-state index is 13.0. The number of nitrogen functional groups attached to an aromatic ring is 1. The van der Waals surface area contributed by atoms with E-state index in [9.17, 15) is 33.1 Å². The molecule has 194 valence electrons. The number of rotatable bonds is 9. The lowest BCUT2D eigenvalue weighted by atomic mass is 9.84. The number of nitrogens with zero attached hydrogens (tertiary/aromatic N) is 4. The van der Waals surface area contributed by atoms with Gasteiger partial charge >= 0.3 is 10.4 Å². The van der Waals surface area contributed by atoms with Gasteiger partial charge in [0.1, 0.15) is 17.4 Å². The number of hydrogen-bond donors (Lipinski definition) is 5. The van der Waals surface area contributed by atoms with Gasteiger partial charge in [-0.1, -0.05) is 11.7 Å². The molecule has 16 nitrogen and oxygen atoms in total. The highest BCUT2D eigenvalue weighted by molar-refractivity contribution is 7.80. The van der Waals surface area contributed by atoms with Crippen molar-refractivity contribution in [1.29, 1.82) is 0 Å². The Kier molecular flexibility index (Phi) is 7.07.